The van der Waals surface area contributed by atoms with Crippen molar-refractivity contribution in [1.82, 2.24) is 9.55 Å². The van der Waals surface area contributed by atoms with Crippen LogP contribution in [0.5, 0.6) is 11.6 Å². The smallest absolute Gasteiger partial charge is 0.335 e. The maximum Gasteiger partial charge on any atom is 0.335 e. The monoisotopic (exact) mass is 431 g/mol. The maximum atomic E-state index is 12.2. The van der Waals surface area contributed by atoms with E-state index < -0.39 is 22.1 Å². The number of benzene rings is 2. The molecule has 0 aliphatic carbocycles. The lowest BCUT2D eigenvalue weighted by atomic mass is 10.2. The van der Waals surface area contributed by atoms with E-state index in [1.807, 2.05) is 0 Å². The summed E-state index contributed by atoms with van der Waals surface area (Å²) >= 11 is 6.08. The van der Waals surface area contributed by atoms with E-state index in [9.17, 15) is 24.8 Å². The number of methoxy groups -OCH3 is 1. The molecule has 0 aliphatic heterocycles. The van der Waals surface area contributed by atoms with E-state index in [2.05, 4.69) is 15.5 Å². The minimum absolute atomic E-state index is 0.139. The number of rotatable bonds is 6. The lowest BCUT2D eigenvalue weighted by Crippen LogP contribution is -2.31. The standard InChI is InChI=1S/C18H14ClN5O6/c1-30-15-8-10(24(28)29)6-7-13(15)22-20-9-11-16(25)21-18(27)23(17(11)26)14-5-3-2-4-12(14)19/h2-9,22,26H,1H3,(H,21,25,27). The molecule has 3 rings (SSSR count). The lowest BCUT2D eigenvalue weighted by molar-refractivity contribution is -0.384. The number of nitrogens with one attached hydrogen (secondary N) is 2. The van der Waals surface area contributed by atoms with Gasteiger partial charge in [0.05, 0.1) is 40.7 Å². The largest absolute Gasteiger partial charge is 0.494 e. The Morgan fingerprint density at radius 2 is 2.03 bits per heavy atom. The van der Waals surface area contributed by atoms with Crippen LogP contribution >= 0.6 is 11.6 Å². The highest BCUT2D eigenvalue weighted by molar-refractivity contribution is 6.32. The molecule has 0 bridgehead atoms. The van der Waals surface area contributed by atoms with E-state index in [4.69, 9.17) is 16.3 Å². The number of aromatic amines is 1. The molecule has 3 N–H and O–H groups in total. The van der Waals surface area contributed by atoms with Crippen LogP contribution in [0.2, 0.25) is 5.02 Å². The summed E-state index contributed by atoms with van der Waals surface area (Å²) in [5, 5.41) is 25.4. The number of aromatic nitrogens is 2. The summed E-state index contributed by atoms with van der Waals surface area (Å²) in [7, 11) is 1.32. The van der Waals surface area contributed by atoms with Crippen molar-refractivity contribution < 1.29 is 14.8 Å². The Bertz CT molecular complexity index is 1270. The molecule has 12 heteroatoms. The van der Waals surface area contributed by atoms with Gasteiger partial charge in [-0.2, -0.15) is 5.10 Å². The Morgan fingerprint density at radius 1 is 1.30 bits per heavy atom. The molecule has 1 heterocycles. The Hall–Kier alpha value is -4.12. The van der Waals surface area contributed by atoms with Crippen molar-refractivity contribution >= 4 is 29.2 Å². The topological polar surface area (TPSA) is 152 Å². The minimum Gasteiger partial charge on any atom is -0.494 e. The SMILES string of the molecule is COc1cc([N+](=O)[O-])ccc1NN=Cc1c(O)n(-c2ccccc2Cl)c(=O)[nH]c1=O. The van der Waals surface area contributed by atoms with Crippen LogP contribution in [0.1, 0.15) is 5.56 Å². The van der Waals surface area contributed by atoms with E-state index in [0.717, 1.165) is 10.8 Å². The number of hydrogen-bond acceptors (Lipinski definition) is 8. The molecule has 3 aromatic rings. The molecule has 2 aromatic carbocycles. The fourth-order valence-electron chi connectivity index (χ4n) is 2.56. The minimum atomic E-state index is -0.882. The van der Waals surface area contributed by atoms with Gasteiger partial charge in [0.25, 0.3) is 11.2 Å². The lowest BCUT2D eigenvalue weighted by Gasteiger charge is -2.11. The second-order valence-corrected chi connectivity index (χ2v) is 6.20. The van der Waals surface area contributed by atoms with Gasteiger partial charge in [-0.1, -0.05) is 23.7 Å². The normalized spacial score (nSPS) is 10.9. The first-order chi connectivity index (χ1) is 14.3. The summed E-state index contributed by atoms with van der Waals surface area (Å²) in [5.41, 5.74) is 0.750. The number of halogens is 1. The van der Waals surface area contributed by atoms with Crippen LogP contribution in [0, 0.1) is 10.1 Å². The maximum absolute atomic E-state index is 12.2. The molecule has 0 saturated carbocycles. The van der Waals surface area contributed by atoms with Crippen molar-refractivity contribution in [2.45, 2.75) is 0 Å². The number of hydrogen-bond donors (Lipinski definition) is 3. The third kappa shape index (κ3) is 4.00. The van der Waals surface area contributed by atoms with Gasteiger partial charge in [0, 0.05) is 6.07 Å². The Labute approximate surface area is 173 Å². The molecular weight excluding hydrogens is 418 g/mol. The Kier molecular flexibility index (Phi) is 5.83. The first-order valence-corrected chi connectivity index (χ1v) is 8.66. The van der Waals surface area contributed by atoms with Crippen molar-refractivity contribution in [2.24, 2.45) is 5.10 Å². The third-order valence-electron chi connectivity index (χ3n) is 3.99. The Balaban J connectivity index is 1.98. The zero-order chi connectivity index (χ0) is 21.8. The average Bonchev–Trinajstić information content (AvgIpc) is 2.71. The molecule has 0 fully saturated rings. The molecule has 0 aliphatic rings. The predicted octanol–water partition coefficient (Wildman–Crippen LogP) is 2.25. The van der Waals surface area contributed by atoms with Crippen LogP contribution < -0.4 is 21.4 Å². The summed E-state index contributed by atoms with van der Waals surface area (Å²) in [6, 6.07) is 10.1. The summed E-state index contributed by atoms with van der Waals surface area (Å²) in [4.78, 5) is 36.7. The molecule has 11 nitrogen and oxygen atoms in total. The Morgan fingerprint density at radius 3 is 2.70 bits per heavy atom. The van der Waals surface area contributed by atoms with Crippen LogP contribution in [0.4, 0.5) is 11.4 Å². The number of non-ortho nitro benzene ring substituents is 1. The van der Waals surface area contributed by atoms with Crippen LogP contribution in [0.25, 0.3) is 5.69 Å². The van der Waals surface area contributed by atoms with E-state index in [0.29, 0.717) is 0 Å². The van der Waals surface area contributed by atoms with Gasteiger partial charge in [0.1, 0.15) is 5.56 Å². The zero-order valence-corrected chi connectivity index (χ0v) is 16.1. The fourth-order valence-corrected chi connectivity index (χ4v) is 2.78. The number of anilines is 1. The van der Waals surface area contributed by atoms with E-state index in [1.54, 1.807) is 12.1 Å². The number of para-hydroxylation sites is 1. The number of nitro groups is 1. The highest BCUT2D eigenvalue weighted by Gasteiger charge is 2.16. The zero-order valence-electron chi connectivity index (χ0n) is 15.3. The van der Waals surface area contributed by atoms with Crippen molar-refractivity contribution in [3.05, 3.63) is 84.0 Å². The van der Waals surface area contributed by atoms with Crippen molar-refractivity contribution in [2.75, 3.05) is 12.5 Å². The molecule has 1 aromatic heterocycles. The highest BCUT2D eigenvalue weighted by atomic mass is 35.5. The van der Waals surface area contributed by atoms with Crippen molar-refractivity contribution in [3.8, 4) is 17.3 Å². The molecule has 0 saturated heterocycles. The molecule has 0 atom stereocenters. The second kappa shape index (κ2) is 8.49. The molecule has 0 amide bonds. The number of nitrogens with zero attached hydrogens (tertiary/aromatic N) is 3. The van der Waals surface area contributed by atoms with Gasteiger partial charge >= 0.3 is 5.69 Å². The number of hydrazone groups is 1. The van der Waals surface area contributed by atoms with Crippen molar-refractivity contribution in [1.29, 1.82) is 0 Å². The van der Waals surface area contributed by atoms with Crippen LogP contribution in [-0.2, 0) is 0 Å². The molecule has 0 radical (unpaired) electrons. The van der Waals surface area contributed by atoms with E-state index in [1.165, 1.54) is 37.4 Å². The summed E-state index contributed by atoms with van der Waals surface area (Å²) in [6.07, 6.45) is 0.988. The van der Waals surface area contributed by atoms with Crippen LogP contribution in [-0.4, -0.2) is 32.9 Å². The fraction of sp³-hybridized carbons (Fsp3) is 0.0556. The van der Waals surface area contributed by atoms with Gasteiger partial charge in [-0.05, 0) is 18.2 Å². The molecule has 0 unspecified atom stereocenters. The molecular formula is C18H14ClN5O6. The summed E-state index contributed by atoms with van der Waals surface area (Å²) < 4.78 is 5.90. The van der Waals surface area contributed by atoms with Gasteiger partial charge in [-0.3, -0.25) is 25.3 Å². The van der Waals surface area contributed by atoms with E-state index in [-0.39, 0.29) is 33.4 Å². The average molecular weight is 432 g/mol. The van der Waals surface area contributed by atoms with Gasteiger partial charge in [-0.15, -0.1) is 0 Å². The number of aromatic hydroxyl groups is 1. The molecule has 0 spiro atoms. The van der Waals surface area contributed by atoms with Crippen LogP contribution in [0.15, 0.2) is 57.2 Å². The quantitative estimate of drug-likeness (QED) is 0.307. The molecule has 30 heavy (non-hydrogen) atoms. The predicted molar refractivity (Wildman–Crippen MR) is 110 cm³/mol. The number of nitro benzene ring substituents is 1. The number of ether oxygens (including phenoxy) is 1. The van der Waals surface area contributed by atoms with Gasteiger partial charge < -0.3 is 9.84 Å². The van der Waals surface area contributed by atoms with Crippen LogP contribution in [0.3, 0.4) is 0 Å². The van der Waals surface area contributed by atoms with E-state index >= 15 is 0 Å². The van der Waals surface area contributed by atoms with Gasteiger partial charge in [-0.25, -0.2) is 9.36 Å². The van der Waals surface area contributed by atoms with Crippen molar-refractivity contribution in [3.63, 3.8) is 0 Å². The number of H-pyrrole nitrogens is 1. The first kappa shape index (κ1) is 20.6. The summed E-state index contributed by atoms with van der Waals surface area (Å²) in [6.45, 7) is 0. The highest BCUT2D eigenvalue weighted by Crippen LogP contribution is 2.29. The van der Waals surface area contributed by atoms with Gasteiger partial charge in [0.15, 0.2) is 5.75 Å². The first-order valence-electron chi connectivity index (χ1n) is 8.28. The van der Waals surface area contributed by atoms with Gasteiger partial charge in [0.2, 0.25) is 5.88 Å². The second-order valence-electron chi connectivity index (χ2n) is 5.80. The third-order valence-corrected chi connectivity index (χ3v) is 4.31. The summed E-state index contributed by atoms with van der Waals surface area (Å²) in [5.74, 6) is -0.529. The molecule has 154 valence electrons.